The number of carbonyl (C=O) groups is 1. The van der Waals surface area contributed by atoms with Gasteiger partial charge in [-0.3, -0.25) is 4.79 Å². The number of carbonyl (C=O) groups excluding carboxylic acids is 1. The number of rotatable bonds is 9. The van der Waals surface area contributed by atoms with E-state index in [0.717, 1.165) is 11.1 Å². The second kappa shape index (κ2) is 10.6. The molecule has 1 aliphatic rings. The molecule has 1 amide bonds. The molecule has 0 saturated carbocycles. The van der Waals surface area contributed by atoms with Crippen molar-refractivity contribution in [2.75, 3.05) is 40.4 Å². The number of ether oxygens (including phenoxy) is 2. The van der Waals surface area contributed by atoms with E-state index in [2.05, 4.69) is 5.32 Å². The van der Waals surface area contributed by atoms with Crippen LogP contribution in [0.15, 0.2) is 48.5 Å². The smallest absolute Gasteiger partial charge is 0.282 e. The number of hydrogen-bond donors (Lipinski definition) is 1. The van der Waals surface area contributed by atoms with Gasteiger partial charge in [-0.05, 0) is 36.1 Å². The van der Waals surface area contributed by atoms with Crippen molar-refractivity contribution >= 4 is 16.1 Å². The summed E-state index contributed by atoms with van der Waals surface area (Å²) in [7, 11) is -0.526. The minimum Gasteiger partial charge on any atom is -0.493 e. The molecular weight excluding hydrogens is 418 g/mol. The van der Waals surface area contributed by atoms with Gasteiger partial charge in [-0.25, -0.2) is 0 Å². The number of nitrogens with one attached hydrogen (secondary N) is 1. The number of hydrogen-bond acceptors (Lipinski definition) is 5. The molecule has 0 radical (unpaired) electrons. The van der Waals surface area contributed by atoms with E-state index in [0.29, 0.717) is 50.5 Å². The van der Waals surface area contributed by atoms with Crippen molar-refractivity contribution in [2.45, 2.75) is 19.4 Å². The second-order valence-electron chi connectivity index (χ2n) is 7.30. The number of benzene rings is 2. The molecule has 0 unspecified atom stereocenters. The summed E-state index contributed by atoms with van der Waals surface area (Å²) in [5.41, 5.74) is 1.91. The molecule has 1 fully saturated rings. The van der Waals surface area contributed by atoms with Crippen LogP contribution in [0.2, 0.25) is 0 Å². The minimum atomic E-state index is -3.68. The first-order chi connectivity index (χ1) is 14.9. The third-order valence-electron chi connectivity index (χ3n) is 5.17. The molecular formula is C22H29N3O5S. The molecule has 1 aliphatic heterocycles. The molecule has 1 N–H and O–H groups in total. The van der Waals surface area contributed by atoms with E-state index in [4.69, 9.17) is 9.47 Å². The Morgan fingerprint density at radius 3 is 2.39 bits per heavy atom. The highest BCUT2D eigenvalue weighted by atomic mass is 32.2. The topological polar surface area (TPSA) is 88.2 Å². The molecule has 1 heterocycles. The van der Waals surface area contributed by atoms with Crippen LogP contribution in [0.3, 0.4) is 0 Å². The van der Waals surface area contributed by atoms with Gasteiger partial charge in [0.2, 0.25) is 5.91 Å². The Labute approximate surface area is 183 Å². The van der Waals surface area contributed by atoms with Gasteiger partial charge in [-0.15, -0.1) is 0 Å². The fourth-order valence-electron chi connectivity index (χ4n) is 3.52. The van der Waals surface area contributed by atoms with Crippen LogP contribution in [0.1, 0.15) is 17.5 Å². The minimum absolute atomic E-state index is 0.181. The Balaban J connectivity index is 1.52. The predicted molar refractivity (Wildman–Crippen MR) is 118 cm³/mol. The Bertz CT molecular complexity index is 982. The van der Waals surface area contributed by atoms with Crippen molar-refractivity contribution < 1.29 is 22.7 Å². The van der Waals surface area contributed by atoms with Gasteiger partial charge >= 0.3 is 0 Å². The molecule has 0 atom stereocenters. The molecule has 0 aliphatic carbocycles. The maximum atomic E-state index is 12.9. The van der Waals surface area contributed by atoms with Gasteiger partial charge in [-0.2, -0.15) is 17.0 Å². The molecule has 2 aromatic carbocycles. The highest BCUT2D eigenvalue weighted by Crippen LogP contribution is 2.27. The van der Waals surface area contributed by atoms with E-state index >= 15 is 0 Å². The van der Waals surface area contributed by atoms with Gasteiger partial charge in [-0.1, -0.05) is 36.4 Å². The first kappa shape index (κ1) is 23.1. The average molecular weight is 448 g/mol. The van der Waals surface area contributed by atoms with E-state index in [-0.39, 0.29) is 12.5 Å². The van der Waals surface area contributed by atoms with Crippen molar-refractivity contribution in [1.29, 1.82) is 0 Å². The largest absolute Gasteiger partial charge is 0.493 e. The Morgan fingerprint density at radius 1 is 0.968 bits per heavy atom. The van der Waals surface area contributed by atoms with Crippen molar-refractivity contribution in [2.24, 2.45) is 0 Å². The summed E-state index contributed by atoms with van der Waals surface area (Å²) >= 11 is 0. The molecule has 3 rings (SSSR count). The lowest BCUT2D eigenvalue weighted by Gasteiger charge is -2.34. The zero-order chi connectivity index (χ0) is 22.3. The summed E-state index contributed by atoms with van der Waals surface area (Å²) < 4.78 is 39.1. The number of amides is 1. The molecule has 168 valence electrons. The second-order valence-corrected chi connectivity index (χ2v) is 9.23. The van der Waals surface area contributed by atoms with Crippen LogP contribution in [0.4, 0.5) is 0 Å². The standard InChI is InChI=1S/C22H29N3O5S/c1-29-20-10-9-18(15-21(20)30-2)11-12-23-22(26)17-25-14-6-13-24(31(25,27)28)16-19-7-4-3-5-8-19/h3-5,7-10,15H,6,11-14,16-17H2,1-2H3,(H,23,26). The highest BCUT2D eigenvalue weighted by molar-refractivity contribution is 7.86. The van der Waals surface area contributed by atoms with Crippen molar-refractivity contribution in [1.82, 2.24) is 13.9 Å². The Hall–Kier alpha value is -2.62. The van der Waals surface area contributed by atoms with Crippen molar-refractivity contribution in [3.8, 4) is 11.5 Å². The number of nitrogens with zero attached hydrogens (tertiary/aromatic N) is 2. The molecule has 2 aromatic rings. The lowest BCUT2D eigenvalue weighted by Crippen LogP contribution is -2.52. The van der Waals surface area contributed by atoms with Crippen LogP contribution >= 0.6 is 0 Å². The van der Waals surface area contributed by atoms with Crippen LogP contribution in [-0.4, -0.2) is 63.3 Å². The molecule has 1 saturated heterocycles. The molecule has 0 bridgehead atoms. The summed E-state index contributed by atoms with van der Waals surface area (Å²) in [5.74, 6) is 0.959. The third-order valence-corrected chi connectivity index (χ3v) is 7.10. The third kappa shape index (κ3) is 5.96. The number of methoxy groups -OCH3 is 2. The maximum absolute atomic E-state index is 12.9. The Kier molecular flexibility index (Phi) is 7.89. The fourth-order valence-corrected chi connectivity index (χ4v) is 5.16. The van der Waals surface area contributed by atoms with Gasteiger partial charge in [0.1, 0.15) is 0 Å². The van der Waals surface area contributed by atoms with Crippen LogP contribution in [0.5, 0.6) is 11.5 Å². The predicted octanol–water partition coefficient (Wildman–Crippen LogP) is 1.82. The SMILES string of the molecule is COc1ccc(CCNC(=O)CN2CCCN(Cc3ccccc3)S2(=O)=O)cc1OC. The summed E-state index contributed by atoms with van der Waals surface area (Å²) in [6, 6.07) is 15.0. The van der Waals surface area contributed by atoms with Gasteiger partial charge in [0.15, 0.2) is 11.5 Å². The lowest BCUT2D eigenvalue weighted by atomic mass is 10.1. The normalized spacial score (nSPS) is 16.6. The Morgan fingerprint density at radius 2 is 1.68 bits per heavy atom. The quantitative estimate of drug-likeness (QED) is 0.634. The highest BCUT2D eigenvalue weighted by Gasteiger charge is 2.34. The summed E-state index contributed by atoms with van der Waals surface area (Å²) in [6.45, 7) is 1.32. The van der Waals surface area contributed by atoms with E-state index in [1.54, 1.807) is 14.2 Å². The van der Waals surface area contributed by atoms with Crippen molar-refractivity contribution in [3.05, 3.63) is 59.7 Å². The zero-order valence-electron chi connectivity index (χ0n) is 17.9. The van der Waals surface area contributed by atoms with Crippen LogP contribution in [-0.2, 0) is 28.0 Å². The first-order valence-corrected chi connectivity index (χ1v) is 11.6. The van der Waals surface area contributed by atoms with Crippen LogP contribution < -0.4 is 14.8 Å². The summed E-state index contributed by atoms with van der Waals surface area (Å²) in [4.78, 5) is 12.4. The van der Waals surface area contributed by atoms with Gasteiger partial charge in [0.05, 0.1) is 20.8 Å². The van der Waals surface area contributed by atoms with E-state index < -0.39 is 10.2 Å². The van der Waals surface area contributed by atoms with Gasteiger partial charge < -0.3 is 14.8 Å². The lowest BCUT2D eigenvalue weighted by molar-refractivity contribution is -0.121. The molecule has 31 heavy (non-hydrogen) atoms. The van der Waals surface area contributed by atoms with Crippen LogP contribution in [0.25, 0.3) is 0 Å². The van der Waals surface area contributed by atoms with E-state index in [9.17, 15) is 13.2 Å². The maximum Gasteiger partial charge on any atom is 0.282 e. The molecule has 0 spiro atoms. The molecule has 8 nitrogen and oxygen atoms in total. The van der Waals surface area contributed by atoms with E-state index in [1.807, 2.05) is 48.5 Å². The van der Waals surface area contributed by atoms with Crippen LogP contribution in [0, 0.1) is 0 Å². The first-order valence-electron chi connectivity index (χ1n) is 10.2. The molecule has 0 aromatic heterocycles. The monoisotopic (exact) mass is 447 g/mol. The van der Waals surface area contributed by atoms with Gasteiger partial charge in [0.25, 0.3) is 10.2 Å². The van der Waals surface area contributed by atoms with Crippen molar-refractivity contribution in [3.63, 3.8) is 0 Å². The van der Waals surface area contributed by atoms with E-state index in [1.165, 1.54) is 8.61 Å². The summed E-state index contributed by atoms with van der Waals surface area (Å²) in [6.07, 6.45) is 1.28. The fraction of sp³-hybridized carbons (Fsp3) is 0.409. The van der Waals surface area contributed by atoms with Gasteiger partial charge in [0, 0.05) is 26.2 Å². The zero-order valence-corrected chi connectivity index (χ0v) is 18.7. The molecule has 9 heteroatoms. The summed E-state index contributed by atoms with van der Waals surface area (Å²) in [5, 5.41) is 2.81. The average Bonchev–Trinajstić information content (AvgIpc) is 2.77.